The summed E-state index contributed by atoms with van der Waals surface area (Å²) in [6.45, 7) is 0. The average molecular weight is 389 g/mol. The number of carbonyl (C=O) groups is 1. The van der Waals surface area contributed by atoms with Gasteiger partial charge in [-0.1, -0.05) is 23.2 Å². The molecule has 0 spiro atoms. The number of urea groups is 1. The number of halogens is 2. The van der Waals surface area contributed by atoms with Gasteiger partial charge in [-0.05, 0) is 54.6 Å². The highest BCUT2D eigenvalue weighted by Gasteiger charge is 2.05. The lowest BCUT2D eigenvalue weighted by molar-refractivity contribution is 0.262. The Morgan fingerprint density at radius 1 is 0.885 bits per heavy atom. The first-order chi connectivity index (χ1) is 12.5. The number of carbonyl (C=O) groups excluding carboxylic acids is 1. The number of nitrogen functional groups attached to an aromatic ring is 1. The summed E-state index contributed by atoms with van der Waals surface area (Å²) in [5.41, 5.74) is 6.67. The van der Waals surface area contributed by atoms with E-state index >= 15 is 0 Å². The normalized spacial score (nSPS) is 10.2. The molecule has 1 heterocycles. The van der Waals surface area contributed by atoms with Gasteiger partial charge in [-0.25, -0.2) is 9.78 Å². The summed E-state index contributed by atoms with van der Waals surface area (Å²) in [7, 11) is 0. The predicted molar refractivity (Wildman–Crippen MR) is 104 cm³/mol. The highest BCUT2D eigenvalue weighted by Crippen LogP contribution is 2.25. The Labute approximate surface area is 159 Å². The average Bonchev–Trinajstić information content (AvgIpc) is 2.62. The Kier molecular flexibility index (Phi) is 5.46. The SMILES string of the molecule is Nc1ccc(Oc2ccc(NC(=O)Nc3ccc(Cl)c(Cl)c3)cc2)cn1. The number of benzene rings is 2. The maximum atomic E-state index is 12.0. The molecule has 0 saturated heterocycles. The topological polar surface area (TPSA) is 89.3 Å². The molecule has 1 aromatic heterocycles. The molecule has 26 heavy (non-hydrogen) atoms. The lowest BCUT2D eigenvalue weighted by Gasteiger charge is -2.10. The molecule has 0 radical (unpaired) electrons. The molecule has 0 saturated carbocycles. The molecule has 0 fully saturated rings. The third-order valence-corrected chi connectivity index (χ3v) is 4.02. The van der Waals surface area contributed by atoms with Crippen LogP contribution in [0.2, 0.25) is 10.0 Å². The molecule has 2 amide bonds. The molecule has 2 aromatic carbocycles. The molecule has 0 atom stereocenters. The number of aromatic nitrogens is 1. The molecule has 0 unspecified atom stereocenters. The van der Waals surface area contributed by atoms with E-state index < -0.39 is 6.03 Å². The first-order valence-electron chi connectivity index (χ1n) is 7.52. The molecule has 0 bridgehead atoms. The van der Waals surface area contributed by atoms with Gasteiger partial charge in [0.25, 0.3) is 0 Å². The minimum atomic E-state index is -0.403. The molecular formula is C18H14Cl2N4O2. The van der Waals surface area contributed by atoms with Crippen LogP contribution in [0.15, 0.2) is 60.8 Å². The number of hydrogen-bond acceptors (Lipinski definition) is 4. The quantitative estimate of drug-likeness (QED) is 0.557. The highest BCUT2D eigenvalue weighted by atomic mass is 35.5. The van der Waals surface area contributed by atoms with Gasteiger partial charge < -0.3 is 21.1 Å². The Morgan fingerprint density at radius 3 is 2.19 bits per heavy atom. The van der Waals surface area contributed by atoms with Crippen molar-refractivity contribution < 1.29 is 9.53 Å². The van der Waals surface area contributed by atoms with Gasteiger partial charge in [0.05, 0.1) is 16.2 Å². The van der Waals surface area contributed by atoms with E-state index in [0.29, 0.717) is 38.7 Å². The van der Waals surface area contributed by atoms with E-state index in [-0.39, 0.29) is 0 Å². The van der Waals surface area contributed by atoms with Crippen molar-refractivity contribution in [2.45, 2.75) is 0 Å². The molecular weight excluding hydrogens is 375 g/mol. The maximum absolute atomic E-state index is 12.0. The van der Waals surface area contributed by atoms with Gasteiger partial charge in [-0.2, -0.15) is 0 Å². The van der Waals surface area contributed by atoms with Gasteiger partial charge in [0.2, 0.25) is 0 Å². The van der Waals surface area contributed by atoms with E-state index in [2.05, 4.69) is 15.6 Å². The van der Waals surface area contributed by atoms with Crippen molar-refractivity contribution in [2.24, 2.45) is 0 Å². The second-order valence-electron chi connectivity index (χ2n) is 5.25. The van der Waals surface area contributed by atoms with Crippen LogP contribution in [0.4, 0.5) is 22.0 Å². The van der Waals surface area contributed by atoms with Crippen molar-refractivity contribution in [3.63, 3.8) is 0 Å². The molecule has 0 aliphatic heterocycles. The summed E-state index contributed by atoms with van der Waals surface area (Å²) in [6, 6.07) is 14.7. The van der Waals surface area contributed by atoms with Crippen LogP contribution in [-0.4, -0.2) is 11.0 Å². The van der Waals surface area contributed by atoms with Crippen molar-refractivity contribution in [1.82, 2.24) is 4.98 Å². The lowest BCUT2D eigenvalue weighted by atomic mass is 10.3. The largest absolute Gasteiger partial charge is 0.456 e. The van der Waals surface area contributed by atoms with Crippen LogP contribution in [0.1, 0.15) is 0 Å². The Hall–Kier alpha value is -2.96. The van der Waals surface area contributed by atoms with E-state index in [4.69, 9.17) is 33.7 Å². The minimum absolute atomic E-state index is 0.364. The first kappa shape index (κ1) is 17.8. The number of ether oxygens (including phenoxy) is 1. The number of hydrogen-bond donors (Lipinski definition) is 3. The number of nitrogens with zero attached hydrogens (tertiary/aromatic N) is 1. The molecule has 0 aliphatic carbocycles. The van der Waals surface area contributed by atoms with Gasteiger partial charge >= 0.3 is 6.03 Å². The van der Waals surface area contributed by atoms with Crippen molar-refractivity contribution in [3.05, 3.63) is 70.8 Å². The van der Waals surface area contributed by atoms with Crippen molar-refractivity contribution in [3.8, 4) is 11.5 Å². The molecule has 132 valence electrons. The molecule has 0 aliphatic rings. The van der Waals surface area contributed by atoms with Gasteiger partial charge in [-0.15, -0.1) is 0 Å². The second kappa shape index (κ2) is 7.95. The first-order valence-corrected chi connectivity index (χ1v) is 8.28. The van der Waals surface area contributed by atoms with E-state index in [1.165, 1.54) is 6.20 Å². The Bertz CT molecular complexity index is 915. The number of anilines is 3. The van der Waals surface area contributed by atoms with Crippen LogP contribution in [0, 0.1) is 0 Å². The van der Waals surface area contributed by atoms with Crippen LogP contribution in [0.3, 0.4) is 0 Å². The maximum Gasteiger partial charge on any atom is 0.323 e. The van der Waals surface area contributed by atoms with Crippen LogP contribution in [0.5, 0.6) is 11.5 Å². The van der Waals surface area contributed by atoms with Crippen molar-refractivity contribution >= 4 is 46.4 Å². The zero-order valence-corrected chi connectivity index (χ0v) is 14.9. The summed E-state index contributed by atoms with van der Waals surface area (Å²) in [6.07, 6.45) is 1.53. The van der Waals surface area contributed by atoms with Crippen LogP contribution in [0.25, 0.3) is 0 Å². The minimum Gasteiger partial charge on any atom is -0.456 e. The van der Waals surface area contributed by atoms with Gasteiger partial charge in [0.1, 0.15) is 17.3 Å². The zero-order chi connectivity index (χ0) is 18.5. The zero-order valence-electron chi connectivity index (χ0n) is 13.4. The van der Waals surface area contributed by atoms with Crippen molar-refractivity contribution in [1.29, 1.82) is 0 Å². The number of nitrogens with one attached hydrogen (secondary N) is 2. The fourth-order valence-corrected chi connectivity index (χ4v) is 2.36. The lowest BCUT2D eigenvalue weighted by Crippen LogP contribution is -2.19. The monoisotopic (exact) mass is 388 g/mol. The summed E-state index contributed by atoms with van der Waals surface area (Å²) in [5, 5.41) is 6.17. The summed E-state index contributed by atoms with van der Waals surface area (Å²) in [4.78, 5) is 16.0. The van der Waals surface area contributed by atoms with Crippen molar-refractivity contribution in [2.75, 3.05) is 16.4 Å². The van der Waals surface area contributed by atoms with Crippen LogP contribution < -0.4 is 21.1 Å². The second-order valence-corrected chi connectivity index (χ2v) is 6.07. The fraction of sp³-hybridized carbons (Fsp3) is 0. The van der Waals surface area contributed by atoms with Gasteiger partial charge in [0, 0.05) is 11.4 Å². The van der Waals surface area contributed by atoms with Crippen LogP contribution in [-0.2, 0) is 0 Å². The molecule has 4 N–H and O–H groups in total. The van der Waals surface area contributed by atoms with Crippen LogP contribution >= 0.6 is 23.2 Å². The van der Waals surface area contributed by atoms with E-state index in [1.807, 2.05) is 0 Å². The standard InChI is InChI=1S/C18H14Cl2N4O2/c19-15-7-3-12(9-16(15)20)24-18(25)23-11-1-4-13(5-2-11)26-14-6-8-17(21)22-10-14/h1-10H,(H2,21,22)(H2,23,24,25). The van der Waals surface area contributed by atoms with Gasteiger partial charge in [0.15, 0.2) is 0 Å². The Balaban J connectivity index is 1.58. The number of nitrogens with two attached hydrogens (primary N) is 1. The van der Waals surface area contributed by atoms with Gasteiger partial charge in [-0.3, -0.25) is 0 Å². The summed E-state index contributed by atoms with van der Waals surface area (Å²) in [5.74, 6) is 1.59. The number of amides is 2. The predicted octanol–water partition coefficient (Wildman–Crippen LogP) is 5.41. The molecule has 8 heteroatoms. The molecule has 3 rings (SSSR count). The number of pyridine rings is 1. The highest BCUT2D eigenvalue weighted by molar-refractivity contribution is 6.42. The summed E-state index contributed by atoms with van der Waals surface area (Å²) < 4.78 is 5.64. The number of rotatable bonds is 4. The Morgan fingerprint density at radius 2 is 1.54 bits per heavy atom. The smallest absolute Gasteiger partial charge is 0.323 e. The third kappa shape index (κ3) is 4.78. The summed E-state index contributed by atoms with van der Waals surface area (Å²) >= 11 is 11.8. The fourth-order valence-electron chi connectivity index (χ4n) is 2.06. The van der Waals surface area contributed by atoms with E-state index in [1.54, 1.807) is 54.6 Å². The van der Waals surface area contributed by atoms with E-state index in [0.717, 1.165) is 0 Å². The van der Waals surface area contributed by atoms with E-state index in [9.17, 15) is 4.79 Å². The molecule has 3 aromatic rings. The molecule has 6 nitrogen and oxygen atoms in total. The third-order valence-electron chi connectivity index (χ3n) is 3.28.